The third-order valence-corrected chi connectivity index (χ3v) is 3.01. The van der Waals surface area contributed by atoms with Crippen LogP contribution in [0.2, 0.25) is 10.2 Å². The van der Waals surface area contributed by atoms with Crippen molar-refractivity contribution >= 4 is 34.1 Å². The van der Waals surface area contributed by atoms with Crippen LogP contribution in [-0.4, -0.2) is 4.98 Å². The highest BCUT2D eigenvalue weighted by Gasteiger charge is 2.09. The number of rotatable bonds is 1. The van der Waals surface area contributed by atoms with E-state index < -0.39 is 0 Å². The minimum Gasteiger partial charge on any atom is -0.234 e. The molecule has 0 N–H and O–H groups in total. The van der Waals surface area contributed by atoms with Crippen LogP contribution in [0.4, 0.5) is 0 Å². The molecule has 0 radical (unpaired) electrons. The third kappa shape index (κ3) is 1.95. The molecule has 0 atom stereocenters. The lowest BCUT2D eigenvalue weighted by Gasteiger charge is -2.09. The van der Waals surface area contributed by atoms with Crippen molar-refractivity contribution in [2.75, 3.05) is 0 Å². The molecule has 0 unspecified atom stereocenters. The molecule has 0 spiro atoms. The minimum atomic E-state index is 0.369. The van der Waals surface area contributed by atoms with Gasteiger partial charge in [-0.05, 0) is 23.6 Å². The Morgan fingerprint density at radius 2 is 1.93 bits per heavy atom. The SMILES string of the molecule is CC(C)c1cc2cccc(Cl)c2nc1Cl. The van der Waals surface area contributed by atoms with Crippen molar-refractivity contribution in [2.24, 2.45) is 0 Å². The van der Waals surface area contributed by atoms with E-state index in [1.165, 1.54) is 0 Å². The zero-order valence-corrected chi connectivity index (χ0v) is 10.1. The summed E-state index contributed by atoms with van der Waals surface area (Å²) in [5, 5.41) is 2.23. The van der Waals surface area contributed by atoms with E-state index >= 15 is 0 Å². The Morgan fingerprint density at radius 1 is 1.20 bits per heavy atom. The summed E-state index contributed by atoms with van der Waals surface area (Å²) in [4.78, 5) is 4.33. The van der Waals surface area contributed by atoms with Crippen LogP contribution < -0.4 is 0 Å². The maximum absolute atomic E-state index is 6.10. The summed E-state index contributed by atoms with van der Waals surface area (Å²) in [5.41, 5.74) is 1.83. The van der Waals surface area contributed by atoms with E-state index in [-0.39, 0.29) is 0 Å². The maximum atomic E-state index is 6.10. The van der Waals surface area contributed by atoms with Crippen molar-refractivity contribution in [2.45, 2.75) is 19.8 Å². The quantitative estimate of drug-likeness (QED) is 0.660. The first kappa shape index (κ1) is 10.7. The van der Waals surface area contributed by atoms with E-state index in [2.05, 4.69) is 24.9 Å². The lowest BCUT2D eigenvalue weighted by atomic mass is 10.0. The number of pyridine rings is 1. The first-order valence-electron chi connectivity index (χ1n) is 4.84. The van der Waals surface area contributed by atoms with Crippen molar-refractivity contribution in [3.63, 3.8) is 0 Å². The summed E-state index contributed by atoms with van der Waals surface area (Å²) in [6, 6.07) is 7.80. The van der Waals surface area contributed by atoms with Crippen molar-refractivity contribution in [1.29, 1.82) is 0 Å². The maximum Gasteiger partial charge on any atom is 0.133 e. The van der Waals surface area contributed by atoms with Crippen LogP contribution in [0, 0.1) is 0 Å². The number of benzene rings is 1. The van der Waals surface area contributed by atoms with Gasteiger partial charge in [0.25, 0.3) is 0 Å². The first-order valence-corrected chi connectivity index (χ1v) is 5.60. The highest BCUT2D eigenvalue weighted by atomic mass is 35.5. The zero-order valence-electron chi connectivity index (χ0n) is 8.59. The van der Waals surface area contributed by atoms with Gasteiger partial charge in [-0.15, -0.1) is 0 Å². The Hall–Kier alpha value is -0.790. The van der Waals surface area contributed by atoms with Gasteiger partial charge in [-0.2, -0.15) is 0 Å². The Kier molecular flexibility index (Phi) is 2.85. The van der Waals surface area contributed by atoms with Crippen LogP contribution in [0.25, 0.3) is 10.9 Å². The summed E-state index contributed by atoms with van der Waals surface area (Å²) in [5.74, 6) is 0.369. The van der Waals surface area contributed by atoms with Crippen LogP contribution in [-0.2, 0) is 0 Å². The topological polar surface area (TPSA) is 12.9 Å². The zero-order chi connectivity index (χ0) is 11.0. The molecular weight excluding hydrogens is 229 g/mol. The molecule has 0 aliphatic rings. The molecule has 1 aromatic heterocycles. The molecule has 3 heteroatoms. The van der Waals surface area contributed by atoms with E-state index in [4.69, 9.17) is 23.2 Å². The molecule has 15 heavy (non-hydrogen) atoms. The van der Waals surface area contributed by atoms with Gasteiger partial charge in [0.1, 0.15) is 5.15 Å². The number of nitrogens with zero attached hydrogens (tertiary/aromatic N) is 1. The van der Waals surface area contributed by atoms with Gasteiger partial charge in [0.05, 0.1) is 10.5 Å². The number of halogens is 2. The lowest BCUT2D eigenvalue weighted by molar-refractivity contribution is 0.862. The molecule has 1 heterocycles. The number of aromatic nitrogens is 1. The van der Waals surface area contributed by atoms with Crippen molar-refractivity contribution in [1.82, 2.24) is 4.98 Å². The highest BCUT2D eigenvalue weighted by molar-refractivity contribution is 6.35. The molecule has 0 aliphatic heterocycles. The Balaban J connectivity index is 2.76. The average molecular weight is 240 g/mol. The summed E-state index contributed by atoms with van der Waals surface area (Å²) < 4.78 is 0. The molecule has 1 nitrogen and oxygen atoms in total. The number of para-hydroxylation sites is 1. The Labute approximate surface area is 99.0 Å². The summed E-state index contributed by atoms with van der Waals surface area (Å²) in [6.07, 6.45) is 0. The predicted octanol–water partition coefficient (Wildman–Crippen LogP) is 4.67. The Morgan fingerprint density at radius 3 is 2.60 bits per heavy atom. The fourth-order valence-electron chi connectivity index (χ4n) is 1.56. The smallest absolute Gasteiger partial charge is 0.133 e. The van der Waals surface area contributed by atoms with Crippen LogP contribution in [0.3, 0.4) is 0 Å². The molecule has 0 aliphatic carbocycles. The molecule has 78 valence electrons. The summed E-state index contributed by atoms with van der Waals surface area (Å²) in [7, 11) is 0. The van der Waals surface area contributed by atoms with E-state index in [1.54, 1.807) is 0 Å². The second-order valence-corrected chi connectivity index (χ2v) is 4.60. The molecule has 0 fully saturated rings. The van der Waals surface area contributed by atoms with Gasteiger partial charge < -0.3 is 0 Å². The second kappa shape index (κ2) is 3.99. The van der Waals surface area contributed by atoms with Crippen molar-refractivity contribution < 1.29 is 0 Å². The molecule has 1 aromatic carbocycles. The van der Waals surface area contributed by atoms with E-state index in [0.717, 1.165) is 16.5 Å². The van der Waals surface area contributed by atoms with Gasteiger partial charge >= 0.3 is 0 Å². The van der Waals surface area contributed by atoms with Gasteiger partial charge in [0, 0.05) is 5.39 Å². The van der Waals surface area contributed by atoms with Gasteiger partial charge in [0.2, 0.25) is 0 Å². The molecule has 0 saturated carbocycles. The first-order chi connectivity index (χ1) is 7.09. The summed E-state index contributed by atoms with van der Waals surface area (Å²) >= 11 is 12.1. The van der Waals surface area contributed by atoms with Gasteiger partial charge in [-0.1, -0.05) is 49.2 Å². The van der Waals surface area contributed by atoms with Crippen LogP contribution >= 0.6 is 23.2 Å². The fraction of sp³-hybridized carbons (Fsp3) is 0.250. The van der Waals surface area contributed by atoms with Crippen molar-refractivity contribution in [3.8, 4) is 0 Å². The molecule has 0 bridgehead atoms. The van der Waals surface area contributed by atoms with Crippen molar-refractivity contribution in [3.05, 3.63) is 40.0 Å². The van der Waals surface area contributed by atoms with Crippen LogP contribution in [0.15, 0.2) is 24.3 Å². The molecule has 0 saturated heterocycles. The number of fused-ring (bicyclic) bond motifs is 1. The van der Waals surface area contributed by atoms with Gasteiger partial charge in [0.15, 0.2) is 0 Å². The summed E-state index contributed by atoms with van der Waals surface area (Å²) in [6.45, 7) is 4.19. The molecular formula is C12H11Cl2N. The molecule has 2 rings (SSSR count). The van der Waals surface area contributed by atoms with E-state index in [9.17, 15) is 0 Å². The standard InChI is InChI=1S/C12H11Cl2N/c1-7(2)9-6-8-4-3-5-10(13)11(8)15-12(9)14/h3-7H,1-2H3. The van der Waals surface area contributed by atoms with Crippen LogP contribution in [0.5, 0.6) is 0 Å². The Bertz CT molecular complexity index is 506. The van der Waals surface area contributed by atoms with Crippen LogP contribution in [0.1, 0.15) is 25.3 Å². The fourth-order valence-corrected chi connectivity index (χ4v) is 2.14. The monoisotopic (exact) mass is 239 g/mol. The highest BCUT2D eigenvalue weighted by Crippen LogP contribution is 2.29. The minimum absolute atomic E-state index is 0.369. The lowest BCUT2D eigenvalue weighted by Crippen LogP contribution is -1.92. The molecule has 2 aromatic rings. The largest absolute Gasteiger partial charge is 0.234 e. The van der Waals surface area contributed by atoms with E-state index in [0.29, 0.717) is 16.1 Å². The number of hydrogen-bond acceptors (Lipinski definition) is 1. The van der Waals surface area contributed by atoms with Gasteiger partial charge in [-0.3, -0.25) is 0 Å². The van der Waals surface area contributed by atoms with Gasteiger partial charge in [-0.25, -0.2) is 4.98 Å². The predicted molar refractivity (Wildman–Crippen MR) is 65.9 cm³/mol. The second-order valence-electron chi connectivity index (χ2n) is 3.83. The number of hydrogen-bond donors (Lipinski definition) is 0. The average Bonchev–Trinajstić information content (AvgIpc) is 2.18. The normalized spacial score (nSPS) is 11.3. The molecule has 0 amide bonds. The van der Waals surface area contributed by atoms with E-state index in [1.807, 2.05) is 18.2 Å². The third-order valence-electron chi connectivity index (χ3n) is 2.40.